The Bertz CT molecular complexity index is 389. The minimum Gasteiger partial charge on any atom is -0.319 e. The van der Waals surface area contributed by atoms with Crippen molar-refractivity contribution < 1.29 is 0 Å². The summed E-state index contributed by atoms with van der Waals surface area (Å²) in [6.07, 6.45) is 7.91. The van der Waals surface area contributed by atoms with E-state index in [2.05, 4.69) is 37.5 Å². The zero-order chi connectivity index (χ0) is 13.0. The Labute approximate surface area is 116 Å². The first kappa shape index (κ1) is 13.9. The predicted octanol–water partition coefficient (Wildman–Crippen LogP) is 4.36. The second-order valence-electron chi connectivity index (χ2n) is 5.86. The molecule has 100 valence electrons. The van der Waals surface area contributed by atoms with Crippen LogP contribution in [0.2, 0.25) is 5.02 Å². The van der Waals surface area contributed by atoms with Crippen molar-refractivity contribution in [2.45, 2.75) is 45.4 Å². The first-order chi connectivity index (χ1) is 8.65. The molecular formula is C16H24ClN. The van der Waals surface area contributed by atoms with Crippen LogP contribution in [0.5, 0.6) is 0 Å². The Kier molecular flexibility index (Phi) is 4.69. The highest BCUT2D eigenvalue weighted by atomic mass is 35.5. The lowest BCUT2D eigenvalue weighted by atomic mass is 9.70. The third-order valence-electron chi connectivity index (χ3n) is 4.24. The summed E-state index contributed by atoms with van der Waals surface area (Å²) in [5.41, 5.74) is 2.99. The van der Waals surface area contributed by atoms with Gasteiger partial charge in [0.05, 0.1) is 0 Å². The van der Waals surface area contributed by atoms with E-state index in [-0.39, 0.29) is 0 Å². The number of hydrogen-bond donors (Lipinski definition) is 1. The van der Waals surface area contributed by atoms with E-state index >= 15 is 0 Å². The largest absolute Gasteiger partial charge is 0.319 e. The molecule has 1 saturated carbocycles. The molecule has 1 aromatic carbocycles. The molecule has 0 amide bonds. The highest BCUT2D eigenvalue weighted by Crippen LogP contribution is 2.40. The summed E-state index contributed by atoms with van der Waals surface area (Å²) in [6, 6.07) is 6.48. The molecule has 1 aliphatic rings. The van der Waals surface area contributed by atoms with Crippen molar-refractivity contribution >= 4 is 11.6 Å². The average molecular weight is 266 g/mol. The van der Waals surface area contributed by atoms with E-state index in [1.807, 2.05) is 0 Å². The highest BCUT2D eigenvalue weighted by molar-refractivity contribution is 6.31. The van der Waals surface area contributed by atoms with E-state index in [4.69, 9.17) is 11.6 Å². The number of benzene rings is 1. The van der Waals surface area contributed by atoms with E-state index < -0.39 is 0 Å². The van der Waals surface area contributed by atoms with Crippen LogP contribution in [0.25, 0.3) is 0 Å². The number of nitrogens with one attached hydrogen (secondary N) is 1. The van der Waals surface area contributed by atoms with Gasteiger partial charge in [-0.2, -0.15) is 0 Å². The molecule has 0 heterocycles. The van der Waals surface area contributed by atoms with Gasteiger partial charge < -0.3 is 5.32 Å². The third kappa shape index (κ3) is 3.27. The van der Waals surface area contributed by atoms with E-state index in [0.29, 0.717) is 5.41 Å². The van der Waals surface area contributed by atoms with Gasteiger partial charge in [-0.05, 0) is 55.8 Å². The van der Waals surface area contributed by atoms with Crippen molar-refractivity contribution in [2.75, 3.05) is 13.6 Å². The molecule has 1 nitrogen and oxygen atoms in total. The Morgan fingerprint density at radius 3 is 2.56 bits per heavy atom. The summed E-state index contributed by atoms with van der Waals surface area (Å²) >= 11 is 6.39. The summed E-state index contributed by atoms with van der Waals surface area (Å²) in [5.74, 6) is 0. The van der Waals surface area contributed by atoms with Crippen LogP contribution in [0.3, 0.4) is 0 Å². The molecule has 0 radical (unpaired) electrons. The van der Waals surface area contributed by atoms with Crippen LogP contribution in [0.1, 0.15) is 43.2 Å². The van der Waals surface area contributed by atoms with Crippen LogP contribution >= 0.6 is 11.6 Å². The van der Waals surface area contributed by atoms with Crippen molar-refractivity contribution in [3.8, 4) is 0 Å². The van der Waals surface area contributed by atoms with Gasteiger partial charge in [-0.3, -0.25) is 0 Å². The molecule has 0 saturated heterocycles. The van der Waals surface area contributed by atoms with E-state index in [1.165, 1.54) is 43.2 Å². The Morgan fingerprint density at radius 1 is 1.22 bits per heavy atom. The van der Waals surface area contributed by atoms with Crippen molar-refractivity contribution in [3.63, 3.8) is 0 Å². The second kappa shape index (κ2) is 6.08. The molecule has 0 spiro atoms. The average Bonchev–Trinajstić information content (AvgIpc) is 2.34. The monoisotopic (exact) mass is 265 g/mol. The summed E-state index contributed by atoms with van der Waals surface area (Å²) in [5, 5.41) is 4.33. The van der Waals surface area contributed by atoms with E-state index in [0.717, 1.165) is 18.0 Å². The molecule has 0 unspecified atom stereocenters. The maximum Gasteiger partial charge on any atom is 0.0440 e. The van der Waals surface area contributed by atoms with Crippen LogP contribution in [0, 0.1) is 12.3 Å². The molecule has 0 atom stereocenters. The van der Waals surface area contributed by atoms with Crippen LogP contribution in [0.15, 0.2) is 18.2 Å². The fourth-order valence-corrected chi connectivity index (χ4v) is 3.59. The predicted molar refractivity (Wildman–Crippen MR) is 79.3 cm³/mol. The van der Waals surface area contributed by atoms with Gasteiger partial charge in [-0.1, -0.05) is 43.0 Å². The molecule has 2 rings (SSSR count). The van der Waals surface area contributed by atoms with Crippen molar-refractivity contribution in [1.29, 1.82) is 0 Å². The molecule has 1 aromatic rings. The zero-order valence-electron chi connectivity index (χ0n) is 11.6. The first-order valence-corrected chi connectivity index (χ1v) is 7.43. The van der Waals surface area contributed by atoms with Gasteiger partial charge in [0.1, 0.15) is 0 Å². The fraction of sp³-hybridized carbons (Fsp3) is 0.625. The maximum atomic E-state index is 6.39. The normalized spacial score (nSPS) is 18.8. The minimum atomic E-state index is 0.423. The number of halogens is 1. The Hall–Kier alpha value is -0.530. The molecule has 1 aliphatic carbocycles. The van der Waals surface area contributed by atoms with Gasteiger partial charge in [0.15, 0.2) is 0 Å². The van der Waals surface area contributed by atoms with Crippen LogP contribution in [0.4, 0.5) is 0 Å². The van der Waals surface area contributed by atoms with Crippen LogP contribution in [-0.2, 0) is 6.42 Å². The molecule has 1 N–H and O–H groups in total. The van der Waals surface area contributed by atoms with Gasteiger partial charge in [-0.25, -0.2) is 0 Å². The summed E-state index contributed by atoms with van der Waals surface area (Å²) < 4.78 is 0. The van der Waals surface area contributed by atoms with Crippen molar-refractivity contribution in [2.24, 2.45) is 5.41 Å². The van der Waals surface area contributed by atoms with Gasteiger partial charge in [0.2, 0.25) is 0 Å². The number of hydrogen-bond acceptors (Lipinski definition) is 1. The SMILES string of the molecule is CNCC1(Cc2ccc(C)cc2Cl)CCCCC1. The van der Waals surface area contributed by atoms with Crippen molar-refractivity contribution in [1.82, 2.24) is 5.32 Å². The summed E-state index contributed by atoms with van der Waals surface area (Å²) in [6.45, 7) is 3.21. The quantitative estimate of drug-likeness (QED) is 0.853. The first-order valence-electron chi connectivity index (χ1n) is 7.05. The van der Waals surface area contributed by atoms with Gasteiger partial charge in [0, 0.05) is 11.6 Å². The van der Waals surface area contributed by atoms with Crippen molar-refractivity contribution in [3.05, 3.63) is 34.3 Å². The third-order valence-corrected chi connectivity index (χ3v) is 4.59. The smallest absolute Gasteiger partial charge is 0.0440 e. The lowest BCUT2D eigenvalue weighted by Crippen LogP contribution is -2.36. The minimum absolute atomic E-state index is 0.423. The van der Waals surface area contributed by atoms with E-state index in [1.54, 1.807) is 0 Å². The Morgan fingerprint density at radius 2 is 1.94 bits per heavy atom. The number of aryl methyl sites for hydroxylation is 1. The molecule has 0 aliphatic heterocycles. The maximum absolute atomic E-state index is 6.39. The second-order valence-corrected chi connectivity index (χ2v) is 6.27. The lowest BCUT2D eigenvalue weighted by molar-refractivity contribution is 0.185. The molecule has 18 heavy (non-hydrogen) atoms. The lowest BCUT2D eigenvalue weighted by Gasteiger charge is -2.37. The summed E-state index contributed by atoms with van der Waals surface area (Å²) in [7, 11) is 2.06. The van der Waals surface area contributed by atoms with Gasteiger partial charge >= 0.3 is 0 Å². The number of rotatable bonds is 4. The Balaban J connectivity index is 2.17. The highest BCUT2D eigenvalue weighted by Gasteiger charge is 2.31. The topological polar surface area (TPSA) is 12.0 Å². The van der Waals surface area contributed by atoms with Gasteiger partial charge in [-0.15, -0.1) is 0 Å². The molecule has 0 bridgehead atoms. The fourth-order valence-electron chi connectivity index (χ4n) is 3.29. The zero-order valence-corrected chi connectivity index (χ0v) is 12.3. The summed E-state index contributed by atoms with van der Waals surface area (Å²) in [4.78, 5) is 0. The molecule has 1 fully saturated rings. The van der Waals surface area contributed by atoms with Crippen LogP contribution < -0.4 is 5.32 Å². The molecular weight excluding hydrogens is 242 g/mol. The van der Waals surface area contributed by atoms with Gasteiger partial charge in [0.25, 0.3) is 0 Å². The van der Waals surface area contributed by atoms with Crippen LogP contribution in [-0.4, -0.2) is 13.6 Å². The standard InChI is InChI=1S/C16H24ClN/c1-13-6-7-14(15(17)10-13)11-16(12-18-2)8-4-3-5-9-16/h6-7,10,18H,3-5,8-9,11-12H2,1-2H3. The molecule has 2 heteroatoms. The van der Waals surface area contributed by atoms with E-state index in [9.17, 15) is 0 Å². The molecule has 0 aromatic heterocycles.